The summed E-state index contributed by atoms with van der Waals surface area (Å²) in [6.07, 6.45) is 1.78. The molecule has 0 fully saturated rings. The molecule has 0 aliphatic rings. The summed E-state index contributed by atoms with van der Waals surface area (Å²) in [5, 5.41) is 0. The lowest BCUT2D eigenvalue weighted by Gasteiger charge is -2.24. The number of rotatable bonds is 6. The zero-order chi connectivity index (χ0) is 20.4. The minimum atomic E-state index is -3.69. The average Bonchev–Trinajstić information content (AvgIpc) is 2.51. The number of ether oxygens (including phenoxy) is 1. The van der Waals surface area contributed by atoms with Crippen LogP contribution in [0.2, 0.25) is 0 Å². The fraction of sp³-hybridized carbons (Fsp3) is 0.381. The molecule has 0 bridgehead atoms. The summed E-state index contributed by atoms with van der Waals surface area (Å²) in [5.41, 5.74) is 3.39. The zero-order valence-electron chi connectivity index (χ0n) is 16.6. The van der Waals surface area contributed by atoms with E-state index in [2.05, 4.69) is 0 Å². The molecule has 5 nitrogen and oxygen atoms in total. The lowest BCUT2D eigenvalue weighted by atomic mass is 9.82. The van der Waals surface area contributed by atoms with E-state index in [1.807, 2.05) is 52.8 Å². The summed E-state index contributed by atoms with van der Waals surface area (Å²) in [6.45, 7) is 9.89. The summed E-state index contributed by atoms with van der Waals surface area (Å²) < 4.78 is 34.2. The third kappa shape index (κ3) is 5.32. The van der Waals surface area contributed by atoms with Crippen molar-refractivity contribution in [3.63, 3.8) is 0 Å². The van der Waals surface area contributed by atoms with E-state index in [0.717, 1.165) is 29.4 Å². The minimum absolute atomic E-state index is 0.129. The summed E-state index contributed by atoms with van der Waals surface area (Å²) in [7, 11) is -3.69. The average molecular weight is 391 g/mol. The van der Waals surface area contributed by atoms with Crippen LogP contribution in [0.5, 0.6) is 11.5 Å². The van der Waals surface area contributed by atoms with Crippen LogP contribution in [0, 0.1) is 13.8 Å². The van der Waals surface area contributed by atoms with Crippen molar-refractivity contribution in [2.45, 2.75) is 46.6 Å². The summed E-state index contributed by atoms with van der Waals surface area (Å²) in [4.78, 5) is 11.8. The smallest absolute Gasteiger partial charge is 0.306 e. The summed E-state index contributed by atoms with van der Waals surface area (Å²) in [6, 6.07) is 9.01. The van der Waals surface area contributed by atoms with Gasteiger partial charge in [0, 0.05) is 11.1 Å². The number of benzene rings is 2. The van der Waals surface area contributed by atoms with Crippen LogP contribution in [-0.4, -0.2) is 21.0 Å². The monoisotopic (exact) mass is 390 g/mol. The van der Waals surface area contributed by atoms with Gasteiger partial charge in [0.15, 0.2) is 6.29 Å². The molecule has 6 heteroatoms. The fourth-order valence-corrected chi connectivity index (χ4v) is 3.41. The van der Waals surface area contributed by atoms with Crippen LogP contribution in [0.1, 0.15) is 53.4 Å². The highest BCUT2D eigenvalue weighted by Gasteiger charge is 2.23. The molecule has 0 saturated carbocycles. The second-order valence-corrected chi connectivity index (χ2v) is 9.28. The number of hydrogen-bond donors (Lipinski definition) is 0. The Kier molecular flexibility index (Phi) is 6.00. The molecule has 0 aliphatic heterocycles. The highest BCUT2D eigenvalue weighted by Crippen LogP contribution is 2.33. The Morgan fingerprint density at radius 1 is 1.07 bits per heavy atom. The number of aryl methyl sites for hydroxylation is 2. The van der Waals surface area contributed by atoms with Gasteiger partial charge < -0.3 is 8.92 Å². The van der Waals surface area contributed by atoms with Gasteiger partial charge in [-0.1, -0.05) is 39.0 Å². The van der Waals surface area contributed by atoms with E-state index in [1.54, 1.807) is 12.1 Å². The zero-order valence-corrected chi connectivity index (χ0v) is 17.4. The van der Waals surface area contributed by atoms with Gasteiger partial charge in [-0.05, 0) is 48.1 Å². The predicted octanol–water partition coefficient (Wildman–Crippen LogP) is 4.33. The van der Waals surface area contributed by atoms with Crippen LogP contribution in [0.4, 0.5) is 0 Å². The van der Waals surface area contributed by atoms with Crippen LogP contribution in [0.15, 0.2) is 30.3 Å². The first kappa shape index (κ1) is 21.0. The van der Waals surface area contributed by atoms with E-state index < -0.39 is 10.1 Å². The number of aldehydes is 1. The molecule has 146 valence electrons. The van der Waals surface area contributed by atoms with Gasteiger partial charge in [0.2, 0.25) is 0 Å². The number of carbonyl (C=O) groups is 1. The van der Waals surface area contributed by atoms with Gasteiger partial charge in [-0.3, -0.25) is 4.79 Å². The van der Waals surface area contributed by atoms with E-state index >= 15 is 0 Å². The van der Waals surface area contributed by atoms with Gasteiger partial charge in [0.25, 0.3) is 0 Å². The fourth-order valence-electron chi connectivity index (χ4n) is 2.96. The van der Waals surface area contributed by atoms with E-state index in [9.17, 15) is 13.2 Å². The molecule has 0 heterocycles. The van der Waals surface area contributed by atoms with Crippen molar-refractivity contribution in [1.29, 1.82) is 0 Å². The molecule has 0 radical (unpaired) electrons. The molecular formula is C21H26O5S. The molecule has 0 aromatic heterocycles. The molecule has 0 N–H and O–H groups in total. The number of para-hydroxylation sites is 1. The van der Waals surface area contributed by atoms with E-state index in [4.69, 9.17) is 8.92 Å². The third-order valence-electron chi connectivity index (χ3n) is 4.19. The Morgan fingerprint density at radius 2 is 1.67 bits per heavy atom. The van der Waals surface area contributed by atoms with E-state index in [1.165, 1.54) is 0 Å². The second kappa shape index (κ2) is 7.72. The van der Waals surface area contributed by atoms with Crippen molar-refractivity contribution in [3.8, 4) is 11.5 Å². The largest absolute Gasteiger partial charge is 0.488 e. The lowest BCUT2D eigenvalue weighted by molar-refractivity contribution is 0.111. The molecule has 0 aliphatic carbocycles. The van der Waals surface area contributed by atoms with Gasteiger partial charge >= 0.3 is 10.1 Å². The first-order valence-corrected chi connectivity index (χ1v) is 10.4. The van der Waals surface area contributed by atoms with Gasteiger partial charge in [0.05, 0.1) is 6.26 Å². The van der Waals surface area contributed by atoms with Gasteiger partial charge in [0.1, 0.15) is 18.1 Å². The first-order valence-electron chi connectivity index (χ1n) is 8.63. The van der Waals surface area contributed by atoms with E-state index in [-0.39, 0.29) is 17.8 Å². The standard InChI is InChI=1S/C21H26O5S/c1-14-8-7-9-15(2)20(14)25-13-16-10-17(26-27(6,23)24)11-19(18(16)12-22)21(3,4)5/h7-12H,13H2,1-6H3. The molecule has 0 amide bonds. The Balaban J connectivity index is 2.52. The normalized spacial score (nSPS) is 11.9. The van der Waals surface area contributed by atoms with Crippen molar-refractivity contribution >= 4 is 16.4 Å². The molecule has 0 unspecified atom stereocenters. The molecule has 2 aromatic carbocycles. The molecule has 27 heavy (non-hydrogen) atoms. The first-order chi connectivity index (χ1) is 12.4. The molecule has 0 atom stereocenters. The van der Waals surface area contributed by atoms with Crippen molar-refractivity contribution < 1.29 is 22.1 Å². The van der Waals surface area contributed by atoms with Crippen molar-refractivity contribution in [3.05, 3.63) is 58.1 Å². The van der Waals surface area contributed by atoms with Gasteiger partial charge in [-0.15, -0.1) is 0 Å². The lowest BCUT2D eigenvalue weighted by Crippen LogP contribution is -2.17. The van der Waals surface area contributed by atoms with Crippen LogP contribution < -0.4 is 8.92 Å². The maximum atomic E-state index is 11.8. The van der Waals surface area contributed by atoms with E-state index in [0.29, 0.717) is 16.7 Å². The van der Waals surface area contributed by atoms with Crippen LogP contribution in [0.3, 0.4) is 0 Å². The van der Waals surface area contributed by atoms with Crippen LogP contribution in [-0.2, 0) is 22.1 Å². The number of hydrogen-bond acceptors (Lipinski definition) is 5. The van der Waals surface area contributed by atoms with Crippen LogP contribution >= 0.6 is 0 Å². The Hall–Kier alpha value is -2.34. The van der Waals surface area contributed by atoms with Crippen molar-refractivity contribution in [2.75, 3.05) is 6.26 Å². The van der Waals surface area contributed by atoms with Crippen LogP contribution in [0.25, 0.3) is 0 Å². The second-order valence-electron chi connectivity index (χ2n) is 7.71. The predicted molar refractivity (Wildman–Crippen MR) is 106 cm³/mol. The van der Waals surface area contributed by atoms with Gasteiger partial charge in [-0.25, -0.2) is 0 Å². The summed E-state index contributed by atoms with van der Waals surface area (Å²) >= 11 is 0. The number of carbonyl (C=O) groups excluding carboxylic acids is 1. The molecule has 0 spiro atoms. The minimum Gasteiger partial charge on any atom is -0.488 e. The summed E-state index contributed by atoms with van der Waals surface area (Å²) in [5.74, 6) is 0.925. The molecule has 2 rings (SSSR count). The third-order valence-corrected chi connectivity index (χ3v) is 4.69. The highest BCUT2D eigenvalue weighted by molar-refractivity contribution is 7.86. The van der Waals surface area contributed by atoms with Gasteiger partial charge in [-0.2, -0.15) is 8.42 Å². The Labute approximate surface area is 161 Å². The maximum Gasteiger partial charge on any atom is 0.306 e. The highest BCUT2D eigenvalue weighted by atomic mass is 32.2. The van der Waals surface area contributed by atoms with Crippen molar-refractivity contribution in [1.82, 2.24) is 0 Å². The van der Waals surface area contributed by atoms with Crippen molar-refractivity contribution in [2.24, 2.45) is 0 Å². The molecule has 0 saturated heterocycles. The topological polar surface area (TPSA) is 69.7 Å². The Morgan fingerprint density at radius 3 is 2.15 bits per heavy atom. The molecular weight excluding hydrogens is 364 g/mol. The Bertz CT molecular complexity index is 933. The SMILES string of the molecule is Cc1cccc(C)c1OCc1cc(OS(C)(=O)=O)cc(C(C)(C)C)c1C=O. The quantitative estimate of drug-likeness (QED) is 0.542. The molecule has 2 aromatic rings. The maximum absolute atomic E-state index is 11.8.